The molecule has 7 heteroatoms. The Kier molecular flexibility index (Phi) is 4.87. The third-order valence-electron chi connectivity index (χ3n) is 2.80. The van der Waals surface area contributed by atoms with Gasteiger partial charge in [-0.1, -0.05) is 28.1 Å². The van der Waals surface area contributed by atoms with Crippen molar-refractivity contribution in [2.45, 2.75) is 13.2 Å². The Bertz CT molecular complexity index is 678. The molecule has 2 aromatic carbocycles. The number of nitro groups is 1. The normalized spacial score (nSPS) is 10.4. The van der Waals surface area contributed by atoms with Gasteiger partial charge in [-0.05, 0) is 23.8 Å². The maximum absolute atomic E-state index is 13.7. The summed E-state index contributed by atoms with van der Waals surface area (Å²) in [4.78, 5) is 10.4. The van der Waals surface area contributed by atoms with Gasteiger partial charge in [0, 0.05) is 16.1 Å². The summed E-state index contributed by atoms with van der Waals surface area (Å²) < 4.78 is 19.6. The lowest BCUT2D eigenvalue weighted by molar-refractivity contribution is -0.386. The average Bonchev–Trinajstić information content (AvgIpc) is 2.46. The Labute approximate surface area is 128 Å². The van der Waals surface area contributed by atoms with E-state index in [0.29, 0.717) is 15.6 Å². The first-order valence-electron chi connectivity index (χ1n) is 5.96. The van der Waals surface area contributed by atoms with Gasteiger partial charge >= 0.3 is 5.69 Å². The number of nitro benzene ring substituents is 1. The Hall–Kier alpha value is -1.99. The van der Waals surface area contributed by atoms with E-state index in [9.17, 15) is 14.5 Å². The number of benzene rings is 2. The summed E-state index contributed by atoms with van der Waals surface area (Å²) in [5.41, 5.74) is 0.432. The van der Waals surface area contributed by atoms with Crippen molar-refractivity contribution in [2.75, 3.05) is 0 Å². The molecular formula is C14H11BrFNO4. The standard InChI is InChI=1S/C14H11BrFNO4/c15-11-3-2-10(12(16)6-11)8-21-14-4-1-9(7-18)5-13(14)17(19)20/h1-6,18H,7-8H2. The van der Waals surface area contributed by atoms with Gasteiger partial charge in [0.1, 0.15) is 12.4 Å². The van der Waals surface area contributed by atoms with Crippen LogP contribution in [0, 0.1) is 15.9 Å². The average molecular weight is 356 g/mol. The Balaban J connectivity index is 2.21. The number of halogens is 2. The van der Waals surface area contributed by atoms with Crippen molar-refractivity contribution in [3.8, 4) is 5.75 Å². The lowest BCUT2D eigenvalue weighted by Gasteiger charge is -2.08. The second-order valence-electron chi connectivity index (χ2n) is 4.24. The molecule has 0 unspecified atom stereocenters. The molecule has 2 rings (SSSR count). The van der Waals surface area contributed by atoms with Crippen molar-refractivity contribution in [3.05, 3.63) is 67.9 Å². The highest BCUT2D eigenvalue weighted by molar-refractivity contribution is 9.10. The van der Waals surface area contributed by atoms with Gasteiger partial charge < -0.3 is 9.84 Å². The fraction of sp³-hybridized carbons (Fsp3) is 0.143. The molecule has 0 aromatic heterocycles. The van der Waals surface area contributed by atoms with Gasteiger partial charge in [-0.25, -0.2) is 4.39 Å². The van der Waals surface area contributed by atoms with Crippen LogP contribution in [0.3, 0.4) is 0 Å². The number of nitrogens with zero attached hydrogens (tertiary/aromatic N) is 1. The maximum atomic E-state index is 13.7. The van der Waals surface area contributed by atoms with E-state index in [0.717, 1.165) is 0 Å². The summed E-state index contributed by atoms with van der Waals surface area (Å²) in [6, 6.07) is 8.62. The molecule has 2 aromatic rings. The first-order chi connectivity index (χ1) is 10.0. The summed E-state index contributed by atoms with van der Waals surface area (Å²) in [6.07, 6.45) is 0. The zero-order valence-corrected chi connectivity index (χ0v) is 12.3. The van der Waals surface area contributed by atoms with Gasteiger partial charge in [-0.3, -0.25) is 10.1 Å². The van der Waals surface area contributed by atoms with Crippen LogP contribution in [0.25, 0.3) is 0 Å². The first kappa shape index (κ1) is 15.4. The molecule has 110 valence electrons. The number of hydrogen-bond donors (Lipinski definition) is 1. The molecule has 0 radical (unpaired) electrons. The minimum Gasteiger partial charge on any atom is -0.482 e. The lowest BCUT2D eigenvalue weighted by atomic mass is 10.2. The predicted molar refractivity (Wildman–Crippen MR) is 77.5 cm³/mol. The number of ether oxygens (including phenoxy) is 1. The third kappa shape index (κ3) is 3.77. The van der Waals surface area contributed by atoms with Crippen LogP contribution in [0.1, 0.15) is 11.1 Å². The molecule has 1 N–H and O–H groups in total. The summed E-state index contributed by atoms with van der Waals surface area (Å²) >= 11 is 3.15. The molecule has 0 heterocycles. The highest BCUT2D eigenvalue weighted by Crippen LogP contribution is 2.29. The predicted octanol–water partition coefficient (Wildman–Crippen LogP) is 3.57. The zero-order chi connectivity index (χ0) is 15.4. The van der Waals surface area contributed by atoms with Crippen LogP contribution in [0.5, 0.6) is 5.75 Å². The lowest BCUT2D eigenvalue weighted by Crippen LogP contribution is -2.02. The second-order valence-corrected chi connectivity index (χ2v) is 5.16. The summed E-state index contributed by atoms with van der Waals surface area (Å²) in [6.45, 7) is -0.430. The van der Waals surface area contributed by atoms with E-state index in [2.05, 4.69) is 15.9 Å². The monoisotopic (exact) mass is 355 g/mol. The van der Waals surface area contributed by atoms with Crippen molar-refractivity contribution in [1.82, 2.24) is 0 Å². The van der Waals surface area contributed by atoms with Crippen LogP contribution >= 0.6 is 15.9 Å². The second kappa shape index (κ2) is 6.64. The van der Waals surface area contributed by atoms with Crippen molar-refractivity contribution >= 4 is 21.6 Å². The number of aliphatic hydroxyl groups excluding tert-OH is 1. The molecule has 0 atom stereocenters. The van der Waals surface area contributed by atoms with Crippen molar-refractivity contribution in [2.24, 2.45) is 0 Å². The van der Waals surface area contributed by atoms with Gasteiger partial charge in [0.25, 0.3) is 0 Å². The molecule has 0 saturated heterocycles. The SMILES string of the molecule is O=[N+]([O-])c1cc(CO)ccc1OCc1ccc(Br)cc1F. The minimum atomic E-state index is -0.605. The highest BCUT2D eigenvalue weighted by Gasteiger charge is 2.16. The summed E-state index contributed by atoms with van der Waals surface area (Å²) in [5, 5.41) is 20.0. The largest absolute Gasteiger partial charge is 0.482 e. The molecule has 0 aliphatic carbocycles. The van der Waals surface area contributed by atoms with Crippen molar-refractivity contribution in [1.29, 1.82) is 0 Å². The van der Waals surface area contributed by atoms with E-state index >= 15 is 0 Å². The Morgan fingerprint density at radius 3 is 2.67 bits per heavy atom. The molecular weight excluding hydrogens is 345 g/mol. The molecule has 0 aliphatic rings. The van der Waals surface area contributed by atoms with Crippen molar-refractivity contribution < 1.29 is 19.2 Å². The van der Waals surface area contributed by atoms with Gasteiger partial charge in [0.2, 0.25) is 0 Å². The van der Waals surface area contributed by atoms with E-state index in [4.69, 9.17) is 9.84 Å². The number of hydrogen-bond acceptors (Lipinski definition) is 4. The van der Waals surface area contributed by atoms with Crippen LogP contribution in [-0.4, -0.2) is 10.0 Å². The van der Waals surface area contributed by atoms with E-state index in [-0.39, 0.29) is 24.7 Å². The van der Waals surface area contributed by atoms with E-state index in [1.54, 1.807) is 6.07 Å². The van der Waals surface area contributed by atoms with Crippen molar-refractivity contribution in [3.63, 3.8) is 0 Å². The van der Waals surface area contributed by atoms with E-state index in [1.165, 1.54) is 30.3 Å². The number of rotatable bonds is 5. The summed E-state index contributed by atoms with van der Waals surface area (Å²) in [7, 11) is 0. The zero-order valence-electron chi connectivity index (χ0n) is 10.8. The van der Waals surface area contributed by atoms with Gasteiger partial charge in [-0.15, -0.1) is 0 Å². The molecule has 21 heavy (non-hydrogen) atoms. The fourth-order valence-corrected chi connectivity index (χ4v) is 2.05. The molecule has 0 saturated carbocycles. The molecule has 0 amide bonds. The topological polar surface area (TPSA) is 72.6 Å². The molecule has 0 aliphatic heterocycles. The van der Waals surface area contributed by atoms with Gasteiger partial charge in [0.15, 0.2) is 5.75 Å². The van der Waals surface area contributed by atoms with Crippen LogP contribution in [-0.2, 0) is 13.2 Å². The van der Waals surface area contributed by atoms with Crippen LogP contribution in [0.2, 0.25) is 0 Å². The van der Waals surface area contributed by atoms with Gasteiger partial charge in [-0.2, -0.15) is 0 Å². The van der Waals surface area contributed by atoms with Gasteiger partial charge in [0.05, 0.1) is 11.5 Å². The highest BCUT2D eigenvalue weighted by atomic mass is 79.9. The molecule has 0 spiro atoms. The first-order valence-corrected chi connectivity index (χ1v) is 6.75. The van der Waals surface area contributed by atoms with Crippen LogP contribution < -0.4 is 4.74 Å². The smallest absolute Gasteiger partial charge is 0.311 e. The third-order valence-corrected chi connectivity index (χ3v) is 3.29. The maximum Gasteiger partial charge on any atom is 0.311 e. The van der Waals surface area contributed by atoms with Crippen LogP contribution in [0.4, 0.5) is 10.1 Å². The molecule has 0 bridgehead atoms. The number of aliphatic hydroxyl groups is 1. The summed E-state index contributed by atoms with van der Waals surface area (Å²) in [5.74, 6) is -0.432. The molecule has 0 fully saturated rings. The van der Waals surface area contributed by atoms with E-state index < -0.39 is 10.7 Å². The fourth-order valence-electron chi connectivity index (χ4n) is 1.72. The van der Waals surface area contributed by atoms with E-state index in [1.807, 2.05) is 0 Å². The van der Waals surface area contributed by atoms with Crippen LogP contribution in [0.15, 0.2) is 40.9 Å². The molecule has 5 nitrogen and oxygen atoms in total. The Morgan fingerprint density at radius 2 is 2.05 bits per heavy atom. The quantitative estimate of drug-likeness (QED) is 0.657. The Morgan fingerprint density at radius 1 is 1.29 bits per heavy atom. The minimum absolute atomic E-state index is 0.0273.